The number of anilines is 1. The van der Waals surface area contributed by atoms with Gasteiger partial charge in [-0.25, -0.2) is 9.18 Å². The van der Waals surface area contributed by atoms with Crippen molar-refractivity contribution >= 4 is 17.6 Å². The molecule has 0 bridgehead atoms. The molecule has 0 spiro atoms. The van der Waals surface area contributed by atoms with Crippen molar-refractivity contribution in [3.63, 3.8) is 0 Å². The number of rotatable bonds is 12. The molecule has 39 heavy (non-hydrogen) atoms. The quantitative estimate of drug-likeness (QED) is 0.221. The Labute approximate surface area is 232 Å². The zero-order valence-corrected chi connectivity index (χ0v) is 23.3. The van der Waals surface area contributed by atoms with E-state index in [4.69, 9.17) is 4.74 Å². The average Bonchev–Trinajstić information content (AvgIpc) is 3.48. The number of benzene rings is 3. The Hall–Kier alpha value is -3.47. The summed E-state index contributed by atoms with van der Waals surface area (Å²) in [5.41, 5.74) is 4.82. The predicted molar refractivity (Wildman–Crippen MR) is 155 cm³/mol. The minimum Gasteiger partial charge on any atom is -0.462 e. The molecule has 1 fully saturated rings. The van der Waals surface area contributed by atoms with Crippen molar-refractivity contribution in [2.24, 2.45) is 5.92 Å². The molecule has 3 aromatic carbocycles. The Morgan fingerprint density at radius 2 is 1.54 bits per heavy atom. The fourth-order valence-electron chi connectivity index (χ4n) is 5.36. The van der Waals surface area contributed by atoms with Crippen molar-refractivity contribution in [3.8, 4) is 11.1 Å². The summed E-state index contributed by atoms with van der Waals surface area (Å²) in [6, 6.07) is 20.8. The molecule has 0 aliphatic heterocycles. The molecule has 1 aliphatic rings. The van der Waals surface area contributed by atoms with Crippen LogP contribution in [0.15, 0.2) is 66.7 Å². The van der Waals surface area contributed by atoms with Gasteiger partial charge in [-0.3, -0.25) is 4.79 Å². The summed E-state index contributed by atoms with van der Waals surface area (Å²) < 4.78 is 20.2. The first-order valence-electron chi connectivity index (χ1n) is 14.4. The van der Waals surface area contributed by atoms with Crippen LogP contribution < -0.4 is 4.90 Å². The third-order valence-electron chi connectivity index (χ3n) is 7.69. The first-order chi connectivity index (χ1) is 19.0. The minimum atomic E-state index is -0.531. The second kappa shape index (κ2) is 14.1. The lowest BCUT2D eigenvalue weighted by atomic mass is 10.00. The summed E-state index contributed by atoms with van der Waals surface area (Å²) in [5, 5.41) is 0. The molecule has 5 heteroatoms. The van der Waals surface area contributed by atoms with Gasteiger partial charge in [0.1, 0.15) is 5.82 Å². The minimum absolute atomic E-state index is 0.115. The van der Waals surface area contributed by atoms with Crippen LogP contribution in [0.4, 0.5) is 10.1 Å². The number of esters is 1. The van der Waals surface area contributed by atoms with Crippen LogP contribution in [0.5, 0.6) is 0 Å². The van der Waals surface area contributed by atoms with E-state index in [-0.39, 0.29) is 30.3 Å². The second-order valence-corrected chi connectivity index (χ2v) is 10.6. The number of ether oxygens (including phenoxy) is 1. The number of nitrogens with zero attached hydrogens (tertiary/aromatic N) is 1. The Morgan fingerprint density at radius 1 is 0.897 bits per heavy atom. The zero-order chi connectivity index (χ0) is 27.6. The number of halogens is 1. The first kappa shape index (κ1) is 28.5. The van der Waals surface area contributed by atoms with Gasteiger partial charge in [0.2, 0.25) is 5.91 Å². The van der Waals surface area contributed by atoms with E-state index in [2.05, 4.69) is 31.2 Å². The summed E-state index contributed by atoms with van der Waals surface area (Å²) >= 11 is 0. The van der Waals surface area contributed by atoms with Crippen LogP contribution in [0.25, 0.3) is 11.1 Å². The van der Waals surface area contributed by atoms with Gasteiger partial charge in [0.15, 0.2) is 0 Å². The van der Waals surface area contributed by atoms with E-state index in [0.29, 0.717) is 12.3 Å². The number of unbranched alkanes of at least 4 members (excludes halogenated alkanes) is 1. The van der Waals surface area contributed by atoms with Crippen LogP contribution in [-0.4, -0.2) is 18.5 Å². The summed E-state index contributed by atoms with van der Waals surface area (Å²) in [6.07, 6.45) is 9.36. The van der Waals surface area contributed by atoms with Crippen LogP contribution in [-0.2, 0) is 22.5 Å². The highest BCUT2D eigenvalue weighted by molar-refractivity contribution is 5.96. The smallest absolute Gasteiger partial charge is 0.338 e. The first-order valence-corrected chi connectivity index (χ1v) is 14.4. The van der Waals surface area contributed by atoms with E-state index in [1.54, 1.807) is 6.92 Å². The Balaban J connectivity index is 1.55. The molecule has 1 amide bonds. The lowest BCUT2D eigenvalue weighted by Gasteiger charge is -2.25. The fourth-order valence-corrected chi connectivity index (χ4v) is 5.36. The predicted octanol–water partition coefficient (Wildman–Crippen LogP) is 8.52. The van der Waals surface area contributed by atoms with Crippen LogP contribution in [0.3, 0.4) is 0 Å². The van der Waals surface area contributed by atoms with Gasteiger partial charge in [0, 0.05) is 6.42 Å². The monoisotopic (exact) mass is 529 g/mol. The highest BCUT2D eigenvalue weighted by atomic mass is 19.1. The molecular formula is C34H40FNO3. The number of aryl methyl sites for hydroxylation is 1. The topological polar surface area (TPSA) is 46.6 Å². The molecule has 0 radical (unpaired) electrons. The second-order valence-electron chi connectivity index (χ2n) is 10.6. The van der Waals surface area contributed by atoms with E-state index in [9.17, 15) is 9.59 Å². The average molecular weight is 530 g/mol. The van der Waals surface area contributed by atoms with Gasteiger partial charge in [0.05, 0.1) is 24.4 Å². The highest BCUT2D eigenvalue weighted by Crippen LogP contribution is 2.31. The molecule has 4 nitrogen and oxygen atoms in total. The van der Waals surface area contributed by atoms with Crippen LogP contribution >= 0.6 is 0 Å². The lowest BCUT2D eigenvalue weighted by molar-refractivity contribution is -0.119. The summed E-state index contributed by atoms with van der Waals surface area (Å²) in [6.45, 7) is 4.38. The molecule has 0 saturated heterocycles. The number of amides is 1. The lowest BCUT2D eigenvalue weighted by Crippen LogP contribution is -2.31. The van der Waals surface area contributed by atoms with E-state index >= 15 is 4.39 Å². The molecule has 3 aromatic rings. The van der Waals surface area contributed by atoms with Crippen LogP contribution in [0.2, 0.25) is 0 Å². The maximum Gasteiger partial charge on any atom is 0.338 e. The number of carbonyl (C=O) groups is 2. The number of hydrogen-bond acceptors (Lipinski definition) is 3. The number of carbonyl (C=O) groups excluding carboxylic acids is 2. The molecule has 0 heterocycles. The van der Waals surface area contributed by atoms with Crippen molar-refractivity contribution in [1.29, 1.82) is 0 Å². The molecule has 1 saturated carbocycles. The third kappa shape index (κ3) is 7.78. The Kier molecular flexibility index (Phi) is 10.3. The van der Waals surface area contributed by atoms with Gasteiger partial charge in [-0.2, -0.15) is 0 Å². The largest absolute Gasteiger partial charge is 0.462 e. The molecule has 0 atom stereocenters. The van der Waals surface area contributed by atoms with Crippen LogP contribution in [0, 0.1) is 11.7 Å². The van der Waals surface area contributed by atoms with Crippen molar-refractivity contribution in [2.75, 3.05) is 11.5 Å². The van der Waals surface area contributed by atoms with Gasteiger partial charge >= 0.3 is 5.97 Å². The van der Waals surface area contributed by atoms with E-state index in [0.717, 1.165) is 42.4 Å². The molecule has 0 aromatic heterocycles. The summed E-state index contributed by atoms with van der Waals surface area (Å²) in [4.78, 5) is 27.3. The Bertz CT molecular complexity index is 1230. The van der Waals surface area contributed by atoms with Gasteiger partial charge in [-0.15, -0.1) is 0 Å². The van der Waals surface area contributed by atoms with E-state index in [1.807, 2.05) is 24.3 Å². The molecule has 0 N–H and O–H groups in total. The summed E-state index contributed by atoms with van der Waals surface area (Å²) in [5.74, 6) is -0.632. The molecule has 206 valence electrons. The van der Waals surface area contributed by atoms with E-state index < -0.39 is 11.8 Å². The Morgan fingerprint density at radius 3 is 2.15 bits per heavy atom. The molecule has 4 rings (SSSR count). The maximum absolute atomic E-state index is 15.1. The standard InChI is InChI=1S/C34H40FNO3/c1-3-5-8-26-11-16-28(17-12-26)29-18-13-27(14-19-29)24-36(33(37)22-15-25-9-6-7-10-25)32-23-30(20-21-31(32)35)34(38)39-4-2/h11-14,16-21,23,25H,3-10,15,22,24H2,1-2H3. The van der Waals surface area contributed by atoms with Gasteiger partial charge in [0.25, 0.3) is 0 Å². The third-order valence-corrected chi connectivity index (χ3v) is 7.69. The van der Waals surface area contributed by atoms with Crippen molar-refractivity contribution in [3.05, 3.63) is 89.2 Å². The van der Waals surface area contributed by atoms with Crippen molar-refractivity contribution in [1.82, 2.24) is 0 Å². The fraction of sp³-hybridized carbons (Fsp3) is 0.412. The number of hydrogen-bond donors (Lipinski definition) is 0. The highest BCUT2D eigenvalue weighted by Gasteiger charge is 2.24. The van der Waals surface area contributed by atoms with Gasteiger partial charge in [-0.05, 0) is 72.6 Å². The SMILES string of the molecule is CCCCc1ccc(-c2ccc(CN(C(=O)CCC3CCCC3)c3cc(C(=O)OCC)ccc3F)cc2)cc1. The van der Waals surface area contributed by atoms with E-state index in [1.165, 1.54) is 54.3 Å². The molecule has 0 unspecified atom stereocenters. The van der Waals surface area contributed by atoms with Crippen molar-refractivity contribution < 1.29 is 18.7 Å². The maximum atomic E-state index is 15.1. The van der Waals surface area contributed by atoms with Gasteiger partial charge in [-0.1, -0.05) is 87.6 Å². The zero-order valence-electron chi connectivity index (χ0n) is 23.3. The van der Waals surface area contributed by atoms with Crippen molar-refractivity contribution in [2.45, 2.75) is 78.2 Å². The van der Waals surface area contributed by atoms with Crippen LogP contribution in [0.1, 0.15) is 86.7 Å². The molecular weight excluding hydrogens is 489 g/mol. The normalized spacial score (nSPS) is 13.4. The summed E-state index contributed by atoms with van der Waals surface area (Å²) in [7, 11) is 0. The molecule has 1 aliphatic carbocycles. The van der Waals surface area contributed by atoms with Gasteiger partial charge < -0.3 is 9.64 Å².